The Bertz CT molecular complexity index is 705. The molecular weight excluding hydrogens is 372 g/mol. The summed E-state index contributed by atoms with van der Waals surface area (Å²) in [7, 11) is 0. The molecule has 1 fully saturated rings. The Morgan fingerprint density at radius 3 is 2.52 bits per heavy atom. The average molecular weight is 393 g/mol. The highest BCUT2D eigenvalue weighted by Gasteiger charge is 2.22. The molecule has 1 saturated heterocycles. The van der Waals surface area contributed by atoms with E-state index in [0.29, 0.717) is 6.42 Å². The monoisotopic (exact) mass is 392 g/mol. The van der Waals surface area contributed by atoms with Crippen LogP contribution in [0.4, 0.5) is 5.69 Å². The summed E-state index contributed by atoms with van der Waals surface area (Å²) in [5, 5.41) is 0. The van der Waals surface area contributed by atoms with Gasteiger partial charge >= 0.3 is 0 Å². The summed E-state index contributed by atoms with van der Waals surface area (Å²) in [6.45, 7) is 7.75. The second kappa shape index (κ2) is 7.05. The van der Waals surface area contributed by atoms with Crippen LogP contribution in [0, 0.1) is 13.8 Å². The summed E-state index contributed by atoms with van der Waals surface area (Å²) in [6.07, 6.45) is 0.514. The Kier molecular flexibility index (Phi) is 5.07. The zero-order chi connectivity index (χ0) is 16.4. The Balaban J connectivity index is 1.59. The zero-order valence-corrected chi connectivity index (χ0v) is 15.9. The van der Waals surface area contributed by atoms with E-state index >= 15 is 0 Å². The second-order valence-corrected chi connectivity index (χ2v) is 8.52. The summed E-state index contributed by atoms with van der Waals surface area (Å²) in [5.74, 6) is 0.236. The van der Waals surface area contributed by atoms with Crippen LogP contribution in [0.25, 0.3) is 0 Å². The van der Waals surface area contributed by atoms with E-state index in [1.165, 1.54) is 16.8 Å². The third-order valence-corrected chi connectivity index (χ3v) is 6.13. The van der Waals surface area contributed by atoms with E-state index in [2.05, 4.69) is 52.9 Å². The molecular formula is C18H21BrN2OS. The first kappa shape index (κ1) is 16.5. The number of benzene rings is 1. The van der Waals surface area contributed by atoms with E-state index in [-0.39, 0.29) is 5.91 Å². The van der Waals surface area contributed by atoms with Crippen LogP contribution >= 0.6 is 27.3 Å². The fourth-order valence-electron chi connectivity index (χ4n) is 2.98. The maximum atomic E-state index is 12.4. The number of hydrogen-bond donors (Lipinski definition) is 0. The van der Waals surface area contributed by atoms with Gasteiger partial charge in [0.25, 0.3) is 0 Å². The lowest BCUT2D eigenvalue weighted by Crippen LogP contribution is -2.49. The lowest BCUT2D eigenvalue weighted by molar-refractivity contribution is -0.130. The third kappa shape index (κ3) is 3.78. The number of nitrogens with zero attached hydrogens (tertiary/aromatic N) is 2. The third-order valence-electron chi connectivity index (χ3n) is 4.50. The standard InChI is InChI=1S/C18H21BrN2OS/c1-13-4-3-5-16(14(13)2)20-8-10-21(11-9-20)18(22)12-15-6-7-17(19)23-15/h3-7H,8-12H2,1-2H3. The van der Waals surface area contributed by atoms with Crippen molar-refractivity contribution in [2.45, 2.75) is 20.3 Å². The van der Waals surface area contributed by atoms with Crippen LogP contribution in [0.3, 0.4) is 0 Å². The highest BCUT2D eigenvalue weighted by Crippen LogP contribution is 2.25. The second-order valence-electron chi connectivity index (χ2n) is 5.97. The van der Waals surface area contributed by atoms with Crippen molar-refractivity contribution in [2.75, 3.05) is 31.1 Å². The van der Waals surface area contributed by atoms with Gasteiger partial charge in [0.05, 0.1) is 10.2 Å². The molecule has 1 aromatic carbocycles. The first-order chi connectivity index (χ1) is 11.0. The summed E-state index contributed by atoms with van der Waals surface area (Å²) in [5.41, 5.74) is 3.97. The summed E-state index contributed by atoms with van der Waals surface area (Å²) >= 11 is 5.09. The van der Waals surface area contributed by atoms with E-state index in [4.69, 9.17) is 0 Å². The van der Waals surface area contributed by atoms with Gasteiger partial charge < -0.3 is 9.80 Å². The van der Waals surface area contributed by atoms with Crippen molar-refractivity contribution in [3.8, 4) is 0 Å². The molecule has 2 aromatic rings. The lowest BCUT2D eigenvalue weighted by Gasteiger charge is -2.37. The Morgan fingerprint density at radius 2 is 1.87 bits per heavy atom. The molecule has 1 aliphatic heterocycles. The van der Waals surface area contributed by atoms with Gasteiger partial charge in [0.15, 0.2) is 0 Å². The highest BCUT2D eigenvalue weighted by atomic mass is 79.9. The number of amides is 1. The molecule has 3 nitrogen and oxygen atoms in total. The van der Waals surface area contributed by atoms with Crippen molar-refractivity contribution in [2.24, 2.45) is 0 Å². The Morgan fingerprint density at radius 1 is 1.13 bits per heavy atom. The molecule has 0 spiro atoms. The van der Waals surface area contributed by atoms with Crippen LogP contribution < -0.4 is 4.90 Å². The number of carbonyl (C=O) groups excluding carboxylic acids is 1. The first-order valence-electron chi connectivity index (χ1n) is 7.88. The van der Waals surface area contributed by atoms with Crippen LogP contribution in [0.2, 0.25) is 0 Å². The van der Waals surface area contributed by atoms with E-state index in [1.54, 1.807) is 11.3 Å². The molecule has 0 bridgehead atoms. The zero-order valence-electron chi connectivity index (χ0n) is 13.5. The topological polar surface area (TPSA) is 23.6 Å². The van der Waals surface area contributed by atoms with Gasteiger partial charge in [-0.2, -0.15) is 0 Å². The molecule has 1 amide bonds. The molecule has 0 unspecified atom stereocenters. The molecule has 3 rings (SSSR count). The fourth-order valence-corrected chi connectivity index (χ4v) is 4.46. The molecule has 0 aliphatic carbocycles. The molecule has 1 aromatic heterocycles. The van der Waals surface area contributed by atoms with Gasteiger partial charge in [-0.1, -0.05) is 12.1 Å². The van der Waals surface area contributed by atoms with E-state index in [0.717, 1.165) is 34.8 Å². The molecule has 23 heavy (non-hydrogen) atoms. The van der Waals surface area contributed by atoms with E-state index in [1.807, 2.05) is 17.0 Å². The minimum atomic E-state index is 0.236. The number of thiophene rings is 1. The van der Waals surface area contributed by atoms with Crippen molar-refractivity contribution < 1.29 is 4.79 Å². The van der Waals surface area contributed by atoms with Gasteiger partial charge in [-0.25, -0.2) is 0 Å². The van der Waals surface area contributed by atoms with Crippen LogP contribution in [-0.4, -0.2) is 37.0 Å². The number of aryl methyl sites for hydroxylation is 1. The smallest absolute Gasteiger partial charge is 0.227 e. The fraction of sp³-hybridized carbons (Fsp3) is 0.389. The number of rotatable bonds is 3. The number of halogens is 1. The van der Waals surface area contributed by atoms with Crippen LogP contribution in [0.1, 0.15) is 16.0 Å². The number of anilines is 1. The quantitative estimate of drug-likeness (QED) is 0.787. The molecule has 0 radical (unpaired) electrons. The largest absolute Gasteiger partial charge is 0.368 e. The van der Waals surface area contributed by atoms with Gasteiger partial charge in [0.1, 0.15) is 0 Å². The van der Waals surface area contributed by atoms with E-state index in [9.17, 15) is 4.79 Å². The molecule has 1 aliphatic rings. The summed E-state index contributed by atoms with van der Waals surface area (Å²) in [6, 6.07) is 10.5. The maximum Gasteiger partial charge on any atom is 0.227 e. The molecule has 2 heterocycles. The van der Waals surface area contributed by atoms with Gasteiger partial charge in [0, 0.05) is 36.7 Å². The lowest BCUT2D eigenvalue weighted by atomic mass is 10.1. The van der Waals surface area contributed by atoms with Crippen LogP contribution in [0.15, 0.2) is 34.1 Å². The molecule has 0 atom stereocenters. The minimum Gasteiger partial charge on any atom is -0.368 e. The normalized spacial score (nSPS) is 15.1. The Labute approximate surface area is 150 Å². The number of carbonyl (C=O) groups is 1. The van der Waals surface area contributed by atoms with Crippen molar-refractivity contribution in [1.82, 2.24) is 4.90 Å². The van der Waals surface area contributed by atoms with E-state index < -0.39 is 0 Å². The minimum absolute atomic E-state index is 0.236. The van der Waals surface area contributed by atoms with Gasteiger partial charge in [-0.05, 0) is 59.1 Å². The first-order valence-corrected chi connectivity index (χ1v) is 9.48. The van der Waals surface area contributed by atoms with Crippen molar-refractivity contribution >= 4 is 38.9 Å². The molecule has 0 N–H and O–H groups in total. The Hall–Kier alpha value is -1.33. The van der Waals surface area contributed by atoms with Crippen LogP contribution in [0.5, 0.6) is 0 Å². The predicted octanol–water partition coefficient (Wildman–Crippen LogP) is 4.02. The molecule has 122 valence electrons. The predicted molar refractivity (Wildman–Crippen MR) is 100 cm³/mol. The summed E-state index contributed by atoms with van der Waals surface area (Å²) < 4.78 is 1.08. The van der Waals surface area contributed by atoms with Gasteiger partial charge in [0.2, 0.25) is 5.91 Å². The van der Waals surface area contributed by atoms with Gasteiger partial charge in [-0.15, -0.1) is 11.3 Å². The van der Waals surface area contributed by atoms with Gasteiger partial charge in [-0.3, -0.25) is 4.79 Å². The number of hydrogen-bond acceptors (Lipinski definition) is 3. The van der Waals surface area contributed by atoms with Crippen molar-refractivity contribution in [3.05, 3.63) is 50.1 Å². The molecule has 0 saturated carbocycles. The number of piperazine rings is 1. The van der Waals surface area contributed by atoms with Crippen molar-refractivity contribution in [3.63, 3.8) is 0 Å². The van der Waals surface area contributed by atoms with Crippen LogP contribution in [-0.2, 0) is 11.2 Å². The molecule has 5 heteroatoms. The summed E-state index contributed by atoms with van der Waals surface area (Å²) in [4.78, 5) is 18.0. The van der Waals surface area contributed by atoms with Crippen molar-refractivity contribution in [1.29, 1.82) is 0 Å². The average Bonchev–Trinajstić information content (AvgIpc) is 2.95. The maximum absolute atomic E-state index is 12.4. The highest BCUT2D eigenvalue weighted by molar-refractivity contribution is 9.11. The SMILES string of the molecule is Cc1cccc(N2CCN(C(=O)Cc3ccc(Br)s3)CC2)c1C.